The molecule has 0 aromatic heterocycles. The molecule has 4 N–H and O–H groups in total. The van der Waals surface area contributed by atoms with Crippen LogP contribution in [0, 0.1) is 0 Å². The van der Waals surface area contributed by atoms with E-state index in [9.17, 15) is 25.2 Å². The van der Waals surface area contributed by atoms with E-state index < -0.39 is 43.4 Å². The molecule has 1 heterocycles. The molecule has 0 spiro atoms. The first-order valence-electron chi connectivity index (χ1n) is 23.0. The molecular weight excluding hydrogens is 757 g/mol. The van der Waals surface area contributed by atoms with Gasteiger partial charge in [0.05, 0.1) is 19.8 Å². The van der Waals surface area contributed by atoms with E-state index in [0.717, 1.165) is 96.3 Å². The van der Waals surface area contributed by atoms with Crippen LogP contribution in [-0.2, 0) is 23.7 Å². The fraction of sp³-hybridized carbons (Fsp3) is 0.627. The van der Waals surface area contributed by atoms with Crippen molar-refractivity contribution in [1.29, 1.82) is 0 Å². The molecule has 0 saturated carbocycles. The lowest BCUT2D eigenvalue weighted by molar-refractivity contribution is -0.305. The molecule has 6 atom stereocenters. The van der Waals surface area contributed by atoms with Crippen LogP contribution in [0.1, 0.15) is 142 Å². The van der Waals surface area contributed by atoms with E-state index in [1.165, 1.54) is 19.3 Å². The topological polar surface area (TPSA) is 135 Å². The lowest BCUT2D eigenvalue weighted by Gasteiger charge is -2.39. The Balaban J connectivity index is 2.30. The third-order valence-electron chi connectivity index (χ3n) is 9.68. The zero-order chi connectivity index (χ0) is 43.6. The Morgan fingerprint density at radius 1 is 0.533 bits per heavy atom. The monoisotopic (exact) mass is 839 g/mol. The highest BCUT2D eigenvalue weighted by Crippen LogP contribution is 2.22. The maximum Gasteiger partial charge on any atom is 0.306 e. The predicted octanol–water partition coefficient (Wildman–Crippen LogP) is 10.6. The van der Waals surface area contributed by atoms with Gasteiger partial charge in [-0.25, -0.2) is 0 Å². The van der Waals surface area contributed by atoms with Crippen molar-refractivity contribution in [3.8, 4) is 0 Å². The van der Waals surface area contributed by atoms with Gasteiger partial charge in [-0.15, -0.1) is 0 Å². The summed E-state index contributed by atoms with van der Waals surface area (Å²) < 4.78 is 22.8. The highest BCUT2D eigenvalue weighted by molar-refractivity contribution is 5.69. The summed E-state index contributed by atoms with van der Waals surface area (Å²) in [5, 5.41) is 40.1. The SMILES string of the molecule is CC/C=C\C/C=C\C/C=C\C/C=C\C/C=C\CCCCCCCCOCC(COC1OC(CO)C(O)C(O)C1O)OC(=O)CCCC/C=C\C/C=C\C/C=C\C/C=C\CC. The van der Waals surface area contributed by atoms with Crippen LogP contribution in [0.5, 0.6) is 0 Å². The van der Waals surface area contributed by atoms with Crippen molar-refractivity contribution >= 4 is 5.97 Å². The maximum atomic E-state index is 12.8. The molecule has 6 unspecified atom stereocenters. The van der Waals surface area contributed by atoms with Gasteiger partial charge < -0.3 is 39.4 Å². The summed E-state index contributed by atoms with van der Waals surface area (Å²) in [5.41, 5.74) is 0. The van der Waals surface area contributed by atoms with Crippen molar-refractivity contribution in [3.63, 3.8) is 0 Å². The van der Waals surface area contributed by atoms with Crippen LogP contribution in [0.25, 0.3) is 0 Å². The Kier molecular flexibility index (Phi) is 37.7. The smallest absolute Gasteiger partial charge is 0.306 e. The maximum absolute atomic E-state index is 12.8. The molecular formula is C51H82O9. The standard InChI is InChI=1S/C51H82O9/c1-3-5-7-9-11-13-15-17-19-20-21-22-23-24-25-27-29-31-33-35-37-39-41-57-43-45(44-58-51-50(56)49(55)48(54)46(42-52)60-51)59-47(53)40-38-36-34-32-30-28-26-18-16-14-12-10-8-6-4-2/h5-8,11-14,17-19,21-22,24-26,30,32,45-46,48-52,54-56H,3-4,9-10,15-16,20,23,27-29,31,33-44H2,1-2H3/b7-5-,8-6-,13-11-,14-12-,19-17-,22-21-,25-24-,26-18-,32-30-. The summed E-state index contributed by atoms with van der Waals surface area (Å²) in [7, 11) is 0. The van der Waals surface area contributed by atoms with Gasteiger partial charge in [-0.2, -0.15) is 0 Å². The minimum atomic E-state index is -1.55. The molecule has 1 aliphatic heterocycles. The van der Waals surface area contributed by atoms with E-state index in [4.69, 9.17) is 18.9 Å². The van der Waals surface area contributed by atoms with E-state index in [2.05, 4.69) is 123 Å². The summed E-state index contributed by atoms with van der Waals surface area (Å²) >= 11 is 0. The molecule has 9 nitrogen and oxygen atoms in total. The molecule has 340 valence electrons. The average molecular weight is 839 g/mol. The summed E-state index contributed by atoms with van der Waals surface area (Å²) in [6.07, 6.45) is 51.2. The third kappa shape index (κ3) is 31.7. The normalized spacial score (nSPS) is 21.1. The van der Waals surface area contributed by atoms with Crippen molar-refractivity contribution in [2.45, 2.75) is 179 Å². The van der Waals surface area contributed by atoms with Crippen molar-refractivity contribution in [3.05, 3.63) is 109 Å². The molecule has 1 rings (SSSR count). The molecule has 0 amide bonds. The number of allylic oxidation sites excluding steroid dienone is 18. The zero-order valence-electron chi connectivity index (χ0n) is 37.2. The quantitative estimate of drug-likeness (QED) is 0.0274. The average Bonchev–Trinajstić information content (AvgIpc) is 3.25. The number of aliphatic hydroxyl groups is 4. The molecule has 1 aliphatic rings. The second kappa shape index (κ2) is 41.2. The number of rotatable bonds is 37. The van der Waals surface area contributed by atoms with Gasteiger partial charge in [-0.05, 0) is 96.3 Å². The van der Waals surface area contributed by atoms with E-state index in [-0.39, 0.29) is 25.6 Å². The number of carbonyl (C=O) groups is 1. The van der Waals surface area contributed by atoms with Gasteiger partial charge >= 0.3 is 5.97 Å². The van der Waals surface area contributed by atoms with Gasteiger partial charge in [-0.1, -0.05) is 149 Å². The van der Waals surface area contributed by atoms with Crippen LogP contribution in [0.3, 0.4) is 0 Å². The Morgan fingerprint density at radius 2 is 0.967 bits per heavy atom. The van der Waals surface area contributed by atoms with Crippen LogP contribution < -0.4 is 0 Å². The van der Waals surface area contributed by atoms with Crippen molar-refractivity contribution in [1.82, 2.24) is 0 Å². The molecule has 1 fully saturated rings. The summed E-state index contributed by atoms with van der Waals surface area (Å²) in [6, 6.07) is 0. The molecule has 0 aliphatic carbocycles. The summed E-state index contributed by atoms with van der Waals surface area (Å²) in [4.78, 5) is 12.8. The number of aliphatic hydroxyl groups excluding tert-OH is 4. The van der Waals surface area contributed by atoms with Crippen LogP contribution >= 0.6 is 0 Å². The highest BCUT2D eigenvalue weighted by atomic mass is 16.7. The van der Waals surface area contributed by atoms with Gasteiger partial charge in [0.2, 0.25) is 0 Å². The van der Waals surface area contributed by atoms with Crippen molar-refractivity contribution in [2.75, 3.05) is 26.4 Å². The molecule has 0 aromatic rings. The van der Waals surface area contributed by atoms with Gasteiger partial charge in [0.15, 0.2) is 6.29 Å². The van der Waals surface area contributed by atoms with E-state index in [0.29, 0.717) is 13.0 Å². The van der Waals surface area contributed by atoms with E-state index in [1.807, 2.05) is 0 Å². The minimum Gasteiger partial charge on any atom is -0.457 e. The van der Waals surface area contributed by atoms with E-state index in [1.54, 1.807) is 0 Å². The number of hydrogen-bond donors (Lipinski definition) is 4. The Morgan fingerprint density at radius 3 is 1.45 bits per heavy atom. The second-order valence-corrected chi connectivity index (χ2v) is 15.1. The van der Waals surface area contributed by atoms with E-state index >= 15 is 0 Å². The first kappa shape index (κ1) is 54.9. The van der Waals surface area contributed by atoms with Gasteiger partial charge in [0.25, 0.3) is 0 Å². The Labute approximate surface area is 364 Å². The second-order valence-electron chi connectivity index (χ2n) is 15.1. The lowest BCUT2D eigenvalue weighted by atomic mass is 9.99. The molecule has 0 radical (unpaired) electrons. The predicted molar refractivity (Wildman–Crippen MR) is 246 cm³/mol. The van der Waals surface area contributed by atoms with Crippen molar-refractivity contribution < 1.29 is 44.2 Å². The molecule has 60 heavy (non-hydrogen) atoms. The largest absolute Gasteiger partial charge is 0.457 e. The number of esters is 1. The van der Waals surface area contributed by atoms with Crippen LogP contribution in [0.4, 0.5) is 0 Å². The van der Waals surface area contributed by atoms with Crippen LogP contribution in [0.15, 0.2) is 109 Å². The molecule has 9 heteroatoms. The highest BCUT2D eigenvalue weighted by Gasteiger charge is 2.44. The fourth-order valence-corrected chi connectivity index (χ4v) is 6.15. The van der Waals surface area contributed by atoms with Gasteiger partial charge in [0.1, 0.15) is 30.5 Å². The minimum absolute atomic E-state index is 0.109. The molecule has 1 saturated heterocycles. The third-order valence-corrected chi connectivity index (χ3v) is 9.68. The summed E-state index contributed by atoms with van der Waals surface area (Å²) in [5.74, 6) is -0.365. The Bertz CT molecular complexity index is 1270. The van der Waals surface area contributed by atoms with Gasteiger partial charge in [-0.3, -0.25) is 4.79 Å². The van der Waals surface area contributed by atoms with Gasteiger partial charge in [0, 0.05) is 13.0 Å². The van der Waals surface area contributed by atoms with Crippen LogP contribution in [-0.4, -0.2) is 89.6 Å². The number of carbonyl (C=O) groups excluding carboxylic acids is 1. The first-order chi connectivity index (χ1) is 29.4. The molecule has 0 bridgehead atoms. The number of hydrogen-bond acceptors (Lipinski definition) is 9. The zero-order valence-corrected chi connectivity index (χ0v) is 37.2. The van der Waals surface area contributed by atoms with Crippen LogP contribution in [0.2, 0.25) is 0 Å². The van der Waals surface area contributed by atoms with Crippen molar-refractivity contribution in [2.24, 2.45) is 0 Å². The molecule has 0 aromatic carbocycles. The summed E-state index contributed by atoms with van der Waals surface area (Å²) in [6.45, 7) is 4.21. The Hall–Kier alpha value is -3.15. The number of unbranched alkanes of at least 4 members (excludes halogenated alkanes) is 8. The fourth-order valence-electron chi connectivity index (χ4n) is 6.15. The lowest BCUT2D eigenvalue weighted by Crippen LogP contribution is -2.59. The number of ether oxygens (including phenoxy) is 4. The first-order valence-corrected chi connectivity index (χ1v) is 23.0.